The minimum atomic E-state index is -0.0283. The highest BCUT2D eigenvalue weighted by molar-refractivity contribution is 5.82. The van der Waals surface area contributed by atoms with Crippen LogP contribution in [0.25, 0.3) is 0 Å². The van der Waals surface area contributed by atoms with E-state index >= 15 is 0 Å². The molecule has 0 radical (unpaired) electrons. The van der Waals surface area contributed by atoms with Crippen LogP contribution in [-0.2, 0) is 16.6 Å². The molecule has 4 rings (SSSR count). The highest BCUT2D eigenvalue weighted by Crippen LogP contribution is 2.57. The number of phenolic OH excluding ortho intramolecular Hbond substituents is 1. The van der Waals surface area contributed by atoms with Crippen molar-refractivity contribution in [3.05, 3.63) is 29.3 Å². The van der Waals surface area contributed by atoms with Crippen LogP contribution in [0.2, 0.25) is 0 Å². The Morgan fingerprint density at radius 3 is 2.95 bits per heavy atom. The number of piperidine rings is 1. The third-order valence-corrected chi connectivity index (χ3v) is 6.62. The fourth-order valence-corrected chi connectivity index (χ4v) is 5.69. The maximum atomic E-state index is 12.5. The number of hydrogen-bond acceptors (Lipinski definition) is 3. The van der Waals surface area contributed by atoms with Crippen LogP contribution >= 0.6 is 0 Å². The Morgan fingerprint density at radius 2 is 2.18 bits per heavy atom. The summed E-state index contributed by atoms with van der Waals surface area (Å²) < 4.78 is 0. The lowest BCUT2D eigenvalue weighted by Crippen LogP contribution is -2.63. The van der Waals surface area contributed by atoms with Crippen LogP contribution in [0, 0.1) is 11.8 Å². The summed E-state index contributed by atoms with van der Waals surface area (Å²) in [6.07, 6.45) is 4.61. The lowest BCUT2D eigenvalue weighted by molar-refractivity contribution is -0.131. The number of likely N-dealkylation sites (tertiary alicyclic amines) is 1. The number of benzene rings is 1. The molecule has 2 aliphatic carbocycles. The summed E-state index contributed by atoms with van der Waals surface area (Å²) in [5.74, 6) is 1.81. The molecule has 0 unspecified atom stereocenters. The van der Waals surface area contributed by atoms with E-state index in [4.69, 9.17) is 0 Å². The Morgan fingerprint density at radius 1 is 1.36 bits per heavy atom. The van der Waals surface area contributed by atoms with Gasteiger partial charge in [0.2, 0.25) is 0 Å². The molecular formula is C19H25NO2. The van der Waals surface area contributed by atoms with Crippen molar-refractivity contribution in [1.29, 1.82) is 0 Å². The average Bonchev–Trinajstić information content (AvgIpc) is 2.50. The van der Waals surface area contributed by atoms with Crippen LogP contribution in [0.15, 0.2) is 18.2 Å². The van der Waals surface area contributed by atoms with Gasteiger partial charge in [0.15, 0.2) is 0 Å². The second-order valence-electron chi connectivity index (χ2n) is 7.61. The van der Waals surface area contributed by atoms with Crippen molar-refractivity contribution >= 4 is 5.78 Å². The molecule has 1 aromatic rings. The summed E-state index contributed by atoms with van der Waals surface area (Å²) in [5, 5.41) is 10.0. The molecule has 2 fully saturated rings. The first-order valence-electron chi connectivity index (χ1n) is 8.59. The Labute approximate surface area is 132 Å². The van der Waals surface area contributed by atoms with E-state index in [0.717, 1.165) is 32.2 Å². The van der Waals surface area contributed by atoms with Crippen molar-refractivity contribution in [1.82, 2.24) is 4.90 Å². The van der Waals surface area contributed by atoms with E-state index in [1.54, 1.807) is 6.07 Å². The molecule has 3 aliphatic rings. The van der Waals surface area contributed by atoms with Gasteiger partial charge in [-0.2, -0.15) is 0 Å². The van der Waals surface area contributed by atoms with Gasteiger partial charge >= 0.3 is 0 Å². The van der Waals surface area contributed by atoms with E-state index in [-0.39, 0.29) is 5.41 Å². The number of Topliss-reactive ketones (excluding diaryl/α,β-unsaturated/α-hetero) is 1. The number of ketones is 1. The van der Waals surface area contributed by atoms with Crippen LogP contribution < -0.4 is 0 Å². The first-order valence-corrected chi connectivity index (χ1v) is 8.59. The summed E-state index contributed by atoms with van der Waals surface area (Å²) in [6, 6.07) is 6.38. The normalized spacial score (nSPS) is 37.5. The second kappa shape index (κ2) is 4.82. The number of hydrogen-bond donors (Lipinski definition) is 1. The zero-order valence-corrected chi connectivity index (χ0v) is 13.5. The van der Waals surface area contributed by atoms with Gasteiger partial charge in [0, 0.05) is 24.3 Å². The Bertz CT molecular complexity index is 626. The molecule has 1 aliphatic heterocycles. The van der Waals surface area contributed by atoms with E-state index < -0.39 is 0 Å². The largest absolute Gasteiger partial charge is 0.508 e. The maximum Gasteiger partial charge on any atom is 0.134 e. The van der Waals surface area contributed by atoms with Gasteiger partial charge in [-0.3, -0.25) is 4.79 Å². The van der Waals surface area contributed by atoms with Gasteiger partial charge in [-0.15, -0.1) is 0 Å². The minimum absolute atomic E-state index is 0.0283. The molecule has 1 aromatic carbocycles. The number of nitrogens with zero attached hydrogens (tertiary/aromatic N) is 1. The van der Waals surface area contributed by atoms with Gasteiger partial charge < -0.3 is 10.0 Å². The number of aromatic hydroxyl groups is 1. The average molecular weight is 299 g/mol. The monoisotopic (exact) mass is 299 g/mol. The fraction of sp³-hybridized carbons (Fsp3) is 0.632. The summed E-state index contributed by atoms with van der Waals surface area (Å²) in [5.41, 5.74) is 2.59. The molecule has 1 N–H and O–H groups in total. The van der Waals surface area contributed by atoms with Gasteiger partial charge in [-0.05, 0) is 61.5 Å². The molecular weight excluding hydrogens is 274 g/mol. The number of phenols is 1. The highest BCUT2D eigenvalue weighted by atomic mass is 16.3. The molecule has 1 saturated heterocycles. The van der Waals surface area contributed by atoms with Crippen molar-refractivity contribution in [3.8, 4) is 5.75 Å². The minimum Gasteiger partial charge on any atom is -0.508 e. The van der Waals surface area contributed by atoms with Crippen molar-refractivity contribution in [3.63, 3.8) is 0 Å². The number of carbonyl (C=O) groups excluding carboxylic acids is 1. The van der Waals surface area contributed by atoms with E-state index in [1.165, 1.54) is 11.1 Å². The Kier molecular flexibility index (Phi) is 3.12. The molecule has 0 aromatic heterocycles. The molecule has 1 saturated carbocycles. The zero-order valence-electron chi connectivity index (χ0n) is 13.5. The SMILES string of the molecule is CC[C@H]1CC(=O)C[C@]23CCN(C)[C@H](Cc4ccc(O)cc42)[C@H]13. The quantitative estimate of drug-likeness (QED) is 0.867. The zero-order chi connectivity index (χ0) is 15.5. The van der Waals surface area contributed by atoms with E-state index in [1.807, 2.05) is 6.07 Å². The van der Waals surface area contributed by atoms with E-state index in [2.05, 4.69) is 24.9 Å². The van der Waals surface area contributed by atoms with Crippen LogP contribution in [0.5, 0.6) is 5.75 Å². The topological polar surface area (TPSA) is 40.5 Å². The number of fused-ring (bicyclic) bond motifs is 1. The second-order valence-corrected chi connectivity index (χ2v) is 7.61. The highest BCUT2D eigenvalue weighted by Gasteiger charge is 2.57. The molecule has 4 atom stereocenters. The summed E-state index contributed by atoms with van der Waals surface area (Å²) in [6.45, 7) is 3.28. The van der Waals surface area contributed by atoms with E-state index in [0.29, 0.717) is 35.8 Å². The summed E-state index contributed by atoms with van der Waals surface area (Å²) in [7, 11) is 2.24. The standard InChI is InChI=1S/C19H25NO2/c1-3-12-8-15(22)11-19-6-7-20(2)17(18(12)19)9-13-4-5-14(21)10-16(13)19/h4-5,10,12,17-18,21H,3,6-9,11H2,1-2H3/t12-,17+,18-,19+/m0/s1. The van der Waals surface area contributed by atoms with Gasteiger partial charge in [-0.1, -0.05) is 19.4 Å². The summed E-state index contributed by atoms with van der Waals surface area (Å²) >= 11 is 0. The number of carbonyl (C=O) groups is 1. The number of likely N-dealkylation sites (N-methyl/N-ethyl adjacent to an activating group) is 1. The predicted octanol–water partition coefficient (Wildman–Crippen LogP) is 2.90. The molecule has 0 spiro atoms. The van der Waals surface area contributed by atoms with Gasteiger partial charge in [0.05, 0.1) is 0 Å². The molecule has 22 heavy (non-hydrogen) atoms. The lowest BCUT2D eigenvalue weighted by atomic mass is 9.49. The molecule has 3 nitrogen and oxygen atoms in total. The molecule has 2 bridgehead atoms. The maximum absolute atomic E-state index is 12.5. The molecule has 118 valence electrons. The van der Waals surface area contributed by atoms with Crippen molar-refractivity contribution in [2.45, 2.75) is 50.5 Å². The van der Waals surface area contributed by atoms with E-state index in [9.17, 15) is 9.90 Å². The fourth-order valence-electron chi connectivity index (χ4n) is 5.69. The molecule has 0 amide bonds. The van der Waals surface area contributed by atoms with Gasteiger partial charge in [-0.25, -0.2) is 0 Å². The van der Waals surface area contributed by atoms with Crippen LogP contribution in [0.3, 0.4) is 0 Å². The Balaban J connectivity index is 1.93. The predicted molar refractivity (Wildman–Crippen MR) is 86.0 cm³/mol. The third-order valence-electron chi connectivity index (χ3n) is 6.62. The first kappa shape index (κ1) is 14.3. The van der Waals surface area contributed by atoms with Crippen LogP contribution in [0.4, 0.5) is 0 Å². The van der Waals surface area contributed by atoms with Crippen LogP contribution in [0.1, 0.15) is 43.7 Å². The lowest BCUT2D eigenvalue weighted by Gasteiger charge is -2.60. The van der Waals surface area contributed by atoms with Gasteiger partial charge in [0.1, 0.15) is 11.5 Å². The van der Waals surface area contributed by atoms with Crippen molar-refractivity contribution in [2.24, 2.45) is 11.8 Å². The third kappa shape index (κ3) is 1.81. The summed E-state index contributed by atoms with van der Waals surface area (Å²) in [4.78, 5) is 15.0. The first-order chi connectivity index (χ1) is 10.5. The Hall–Kier alpha value is -1.35. The van der Waals surface area contributed by atoms with Crippen LogP contribution in [-0.4, -0.2) is 35.4 Å². The van der Waals surface area contributed by atoms with Crippen molar-refractivity contribution < 1.29 is 9.90 Å². The molecule has 1 heterocycles. The molecule has 3 heteroatoms. The number of rotatable bonds is 1. The smallest absolute Gasteiger partial charge is 0.134 e. The van der Waals surface area contributed by atoms with Gasteiger partial charge in [0.25, 0.3) is 0 Å². The van der Waals surface area contributed by atoms with Crippen molar-refractivity contribution in [2.75, 3.05) is 13.6 Å².